The molecule has 0 spiro atoms. The van der Waals surface area contributed by atoms with E-state index in [9.17, 15) is 14.7 Å². The molecule has 0 saturated carbocycles. The molecule has 0 saturated heterocycles. The van der Waals surface area contributed by atoms with E-state index in [2.05, 4.69) is 0 Å². The SMILES string of the molecule is CCOc1cc(C2C(C(=O)c3cccs3)=C(O)C(=O)N2CCOC)ccc1OCc1ccccc1. The number of ether oxygens (including phenoxy) is 3. The van der Waals surface area contributed by atoms with Crippen LogP contribution < -0.4 is 9.47 Å². The minimum absolute atomic E-state index is 0.0500. The topological polar surface area (TPSA) is 85.3 Å². The molecule has 1 amide bonds. The third kappa shape index (κ3) is 5.23. The van der Waals surface area contributed by atoms with Crippen molar-refractivity contribution in [1.29, 1.82) is 0 Å². The lowest BCUT2D eigenvalue weighted by Gasteiger charge is -2.27. The summed E-state index contributed by atoms with van der Waals surface area (Å²) >= 11 is 1.26. The highest BCUT2D eigenvalue weighted by molar-refractivity contribution is 7.12. The third-order valence-corrected chi connectivity index (χ3v) is 6.52. The van der Waals surface area contributed by atoms with Crippen molar-refractivity contribution in [2.45, 2.75) is 19.6 Å². The zero-order valence-corrected chi connectivity index (χ0v) is 20.4. The van der Waals surface area contributed by atoms with Crippen molar-refractivity contribution in [3.8, 4) is 11.5 Å². The Morgan fingerprint density at radius 1 is 1.06 bits per heavy atom. The number of hydrogen-bond donors (Lipinski definition) is 1. The molecule has 4 rings (SSSR count). The average molecular weight is 494 g/mol. The molecule has 1 atom stereocenters. The number of benzene rings is 2. The largest absolute Gasteiger partial charge is 0.503 e. The highest BCUT2D eigenvalue weighted by Crippen LogP contribution is 2.42. The molecule has 0 radical (unpaired) electrons. The van der Waals surface area contributed by atoms with Crippen LogP contribution >= 0.6 is 11.3 Å². The van der Waals surface area contributed by atoms with Gasteiger partial charge in [0, 0.05) is 13.7 Å². The molecule has 1 aliphatic heterocycles. The normalized spacial score (nSPS) is 15.5. The van der Waals surface area contributed by atoms with Gasteiger partial charge >= 0.3 is 0 Å². The monoisotopic (exact) mass is 493 g/mol. The molecule has 1 unspecified atom stereocenters. The highest BCUT2D eigenvalue weighted by atomic mass is 32.1. The fourth-order valence-electron chi connectivity index (χ4n) is 4.01. The minimum atomic E-state index is -0.783. The Balaban J connectivity index is 1.71. The molecule has 2 heterocycles. The minimum Gasteiger partial charge on any atom is -0.503 e. The van der Waals surface area contributed by atoms with Gasteiger partial charge in [-0.3, -0.25) is 9.59 Å². The van der Waals surface area contributed by atoms with E-state index in [0.29, 0.717) is 35.2 Å². The second-order valence-electron chi connectivity index (χ2n) is 7.88. The van der Waals surface area contributed by atoms with Gasteiger partial charge in [-0.05, 0) is 41.6 Å². The van der Waals surface area contributed by atoms with Gasteiger partial charge in [0.2, 0.25) is 5.78 Å². The molecule has 1 N–H and O–H groups in total. The Morgan fingerprint density at radius 3 is 2.54 bits per heavy atom. The van der Waals surface area contributed by atoms with Crippen LogP contribution in [0.25, 0.3) is 0 Å². The van der Waals surface area contributed by atoms with Crippen LogP contribution in [0.3, 0.4) is 0 Å². The molecule has 0 bridgehead atoms. The van der Waals surface area contributed by atoms with Gasteiger partial charge in [-0.2, -0.15) is 0 Å². The lowest BCUT2D eigenvalue weighted by molar-refractivity contribution is -0.130. The first-order valence-electron chi connectivity index (χ1n) is 11.3. The van der Waals surface area contributed by atoms with E-state index >= 15 is 0 Å². The van der Waals surface area contributed by atoms with E-state index in [1.54, 1.807) is 35.7 Å². The second-order valence-corrected chi connectivity index (χ2v) is 8.82. The number of aliphatic hydroxyl groups excluding tert-OH is 1. The average Bonchev–Trinajstić information content (AvgIpc) is 3.50. The predicted molar refractivity (Wildman–Crippen MR) is 133 cm³/mol. The van der Waals surface area contributed by atoms with Crippen LogP contribution in [0.5, 0.6) is 11.5 Å². The number of carbonyl (C=O) groups excluding carboxylic acids is 2. The molecule has 182 valence electrons. The number of aliphatic hydroxyl groups is 1. The number of thiophene rings is 1. The van der Waals surface area contributed by atoms with Crippen molar-refractivity contribution in [2.24, 2.45) is 0 Å². The molecule has 3 aromatic rings. The van der Waals surface area contributed by atoms with E-state index in [0.717, 1.165) is 5.56 Å². The van der Waals surface area contributed by atoms with Crippen molar-refractivity contribution >= 4 is 23.0 Å². The van der Waals surface area contributed by atoms with Crippen LogP contribution in [0.2, 0.25) is 0 Å². The molecule has 0 fully saturated rings. The van der Waals surface area contributed by atoms with Gasteiger partial charge in [-0.25, -0.2) is 0 Å². The van der Waals surface area contributed by atoms with Crippen LogP contribution in [-0.4, -0.2) is 48.6 Å². The number of rotatable bonds is 11. The second kappa shape index (κ2) is 11.2. The summed E-state index contributed by atoms with van der Waals surface area (Å²) in [5.74, 6) is -0.472. The van der Waals surface area contributed by atoms with Gasteiger partial charge in [0.05, 0.1) is 29.7 Å². The molecule has 7 nitrogen and oxygen atoms in total. The summed E-state index contributed by atoms with van der Waals surface area (Å²) in [4.78, 5) is 28.2. The standard InChI is InChI=1S/C27H27NO6S/c1-3-33-21-16-19(11-12-20(21)34-17-18-8-5-4-6-9-18)24-23(25(29)22-10-7-15-35-22)26(30)27(31)28(24)13-14-32-2/h4-12,15-16,24,30H,3,13-14,17H2,1-2H3. The van der Waals surface area contributed by atoms with Gasteiger partial charge < -0.3 is 24.2 Å². The summed E-state index contributed by atoms with van der Waals surface area (Å²) in [5, 5.41) is 12.5. The highest BCUT2D eigenvalue weighted by Gasteiger charge is 2.44. The number of amides is 1. The number of hydrogen-bond acceptors (Lipinski definition) is 7. The number of ketones is 1. The summed E-state index contributed by atoms with van der Waals surface area (Å²) in [6.07, 6.45) is 0. The van der Waals surface area contributed by atoms with Crippen LogP contribution in [0.1, 0.15) is 33.8 Å². The maximum atomic E-state index is 13.3. The number of nitrogens with zero attached hydrogens (tertiary/aromatic N) is 1. The predicted octanol–water partition coefficient (Wildman–Crippen LogP) is 4.95. The first-order valence-corrected chi connectivity index (χ1v) is 12.2. The van der Waals surface area contributed by atoms with Crippen LogP contribution in [0.4, 0.5) is 0 Å². The number of carbonyl (C=O) groups is 2. The van der Waals surface area contributed by atoms with Crippen molar-refractivity contribution in [1.82, 2.24) is 4.90 Å². The zero-order valence-electron chi connectivity index (χ0n) is 19.6. The van der Waals surface area contributed by atoms with E-state index in [1.807, 2.05) is 37.3 Å². The number of Topliss-reactive ketones (excluding diaryl/α,β-unsaturated/α-hetero) is 1. The molecular weight excluding hydrogens is 466 g/mol. The Bertz CT molecular complexity index is 1210. The molecule has 1 aliphatic rings. The fourth-order valence-corrected chi connectivity index (χ4v) is 4.69. The quantitative estimate of drug-likeness (QED) is 0.381. The molecule has 8 heteroatoms. The molecular formula is C27H27NO6S. The maximum Gasteiger partial charge on any atom is 0.290 e. The van der Waals surface area contributed by atoms with E-state index in [4.69, 9.17) is 14.2 Å². The lowest BCUT2D eigenvalue weighted by atomic mass is 9.95. The summed E-state index contributed by atoms with van der Waals surface area (Å²) in [6.45, 7) is 3.11. The molecule has 2 aromatic carbocycles. The van der Waals surface area contributed by atoms with Crippen molar-refractivity contribution in [2.75, 3.05) is 26.9 Å². The summed E-state index contributed by atoms with van der Waals surface area (Å²) in [5.41, 5.74) is 1.70. The first kappa shape index (κ1) is 24.5. The van der Waals surface area contributed by atoms with Crippen LogP contribution in [0.15, 0.2) is 77.4 Å². The smallest absolute Gasteiger partial charge is 0.290 e. The van der Waals surface area contributed by atoms with Crippen molar-refractivity contribution in [3.05, 3.63) is 93.4 Å². The van der Waals surface area contributed by atoms with E-state index in [-0.39, 0.29) is 24.5 Å². The van der Waals surface area contributed by atoms with Gasteiger partial charge in [0.1, 0.15) is 6.61 Å². The summed E-state index contributed by atoms with van der Waals surface area (Å²) in [6, 6.07) is 17.8. The lowest BCUT2D eigenvalue weighted by Crippen LogP contribution is -2.34. The van der Waals surface area contributed by atoms with Gasteiger partial charge in [0.25, 0.3) is 5.91 Å². The molecule has 35 heavy (non-hydrogen) atoms. The third-order valence-electron chi connectivity index (χ3n) is 5.65. The van der Waals surface area contributed by atoms with E-state index < -0.39 is 17.7 Å². The summed E-state index contributed by atoms with van der Waals surface area (Å²) in [7, 11) is 1.53. The Hall–Kier alpha value is -3.62. The first-order chi connectivity index (χ1) is 17.0. The van der Waals surface area contributed by atoms with Crippen molar-refractivity contribution < 1.29 is 28.9 Å². The fraction of sp³-hybridized carbons (Fsp3) is 0.259. The van der Waals surface area contributed by atoms with Crippen molar-refractivity contribution in [3.63, 3.8) is 0 Å². The summed E-state index contributed by atoms with van der Waals surface area (Å²) < 4.78 is 17.0. The zero-order chi connectivity index (χ0) is 24.8. The molecule has 1 aromatic heterocycles. The Labute approximate surface area is 208 Å². The van der Waals surface area contributed by atoms with E-state index in [1.165, 1.54) is 23.3 Å². The Morgan fingerprint density at radius 2 is 1.86 bits per heavy atom. The van der Waals surface area contributed by atoms with Crippen LogP contribution in [-0.2, 0) is 16.1 Å². The maximum absolute atomic E-state index is 13.3. The van der Waals surface area contributed by atoms with Gasteiger partial charge in [0.15, 0.2) is 17.3 Å². The van der Waals surface area contributed by atoms with Gasteiger partial charge in [-0.1, -0.05) is 42.5 Å². The van der Waals surface area contributed by atoms with Gasteiger partial charge in [-0.15, -0.1) is 11.3 Å². The Kier molecular flexibility index (Phi) is 7.84. The van der Waals surface area contributed by atoms with Crippen LogP contribution in [0, 0.1) is 0 Å². The number of methoxy groups -OCH3 is 1. The molecule has 0 aliphatic carbocycles.